The van der Waals surface area contributed by atoms with E-state index in [1.807, 2.05) is 20.8 Å². The summed E-state index contributed by atoms with van der Waals surface area (Å²) in [6.07, 6.45) is 0.897. The van der Waals surface area contributed by atoms with E-state index in [4.69, 9.17) is 0 Å². The van der Waals surface area contributed by atoms with E-state index in [0.29, 0.717) is 13.1 Å². The lowest BCUT2D eigenvalue weighted by Gasteiger charge is -2.24. The number of nitrogens with zero attached hydrogens (tertiary/aromatic N) is 1. The minimum absolute atomic E-state index is 0.364. The average molecular weight is 227 g/mol. The fourth-order valence-electron chi connectivity index (χ4n) is 1.59. The molecule has 1 rings (SSSR count). The molecule has 16 heavy (non-hydrogen) atoms. The number of rotatable bonds is 0. The van der Waals surface area contributed by atoms with Gasteiger partial charge in [0.2, 0.25) is 0 Å². The van der Waals surface area contributed by atoms with Gasteiger partial charge in [0.15, 0.2) is 0 Å². The molecule has 1 heterocycles. The zero-order chi connectivity index (χ0) is 12.2. The van der Waals surface area contributed by atoms with E-state index in [1.54, 1.807) is 4.90 Å². The van der Waals surface area contributed by atoms with Gasteiger partial charge in [-0.2, -0.15) is 0 Å². The van der Waals surface area contributed by atoms with Crippen molar-refractivity contribution in [1.29, 1.82) is 0 Å². The Morgan fingerprint density at radius 2 is 1.88 bits per heavy atom. The maximum atomic E-state index is 11.8. The van der Waals surface area contributed by atoms with Crippen LogP contribution in [0.2, 0.25) is 0 Å². The summed E-state index contributed by atoms with van der Waals surface area (Å²) in [5, 5.41) is 5.88. The third-order valence-corrected chi connectivity index (χ3v) is 2.31. The molecule has 1 fully saturated rings. The van der Waals surface area contributed by atoms with Gasteiger partial charge in [-0.3, -0.25) is 9.59 Å². The average Bonchev–Trinajstić information content (AvgIpc) is 2.41. The standard InChI is InChI=1S/C11H21N3O2/c1-11(2,3)13-9(15)10(16)14-7-4-5-12-6-8-14/h12H,4-8H2,1-3H3,(H,13,15). The van der Waals surface area contributed by atoms with E-state index in [-0.39, 0.29) is 5.54 Å². The molecule has 1 saturated heterocycles. The van der Waals surface area contributed by atoms with E-state index in [9.17, 15) is 9.59 Å². The molecule has 0 aromatic carbocycles. The molecule has 1 aliphatic heterocycles. The van der Waals surface area contributed by atoms with Crippen molar-refractivity contribution in [3.05, 3.63) is 0 Å². The zero-order valence-electron chi connectivity index (χ0n) is 10.3. The summed E-state index contributed by atoms with van der Waals surface area (Å²) in [4.78, 5) is 25.1. The second-order valence-corrected chi connectivity index (χ2v) is 5.10. The van der Waals surface area contributed by atoms with E-state index in [1.165, 1.54) is 0 Å². The Kier molecular flexibility index (Phi) is 4.29. The van der Waals surface area contributed by atoms with Crippen LogP contribution in [0.25, 0.3) is 0 Å². The lowest BCUT2D eigenvalue weighted by atomic mass is 10.1. The number of nitrogens with one attached hydrogen (secondary N) is 2. The van der Waals surface area contributed by atoms with Crippen molar-refractivity contribution >= 4 is 11.8 Å². The fourth-order valence-corrected chi connectivity index (χ4v) is 1.59. The first-order valence-corrected chi connectivity index (χ1v) is 5.72. The second-order valence-electron chi connectivity index (χ2n) is 5.10. The smallest absolute Gasteiger partial charge is 0.311 e. The first-order valence-electron chi connectivity index (χ1n) is 5.72. The number of carbonyl (C=O) groups is 2. The third-order valence-electron chi connectivity index (χ3n) is 2.31. The minimum atomic E-state index is -0.505. The molecule has 0 unspecified atom stereocenters. The van der Waals surface area contributed by atoms with E-state index in [0.717, 1.165) is 19.5 Å². The van der Waals surface area contributed by atoms with Crippen molar-refractivity contribution < 1.29 is 9.59 Å². The maximum Gasteiger partial charge on any atom is 0.311 e. The van der Waals surface area contributed by atoms with Crippen molar-refractivity contribution in [1.82, 2.24) is 15.5 Å². The molecule has 0 aliphatic carbocycles. The van der Waals surface area contributed by atoms with Gasteiger partial charge in [-0.15, -0.1) is 0 Å². The van der Waals surface area contributed by atoms with Gasteiger partial charge in [-0.05, 0) is 33.7 Å². The molecule has 5 nitrogen and oxygen atoms in total. The van der Waals surface area contributed by atoms with Crippen LogP contribution in [0.1, 0.15) is 27.2 Å². The molecule has 2 N–H and O–H groups in total. The van der Waals surface area contributed by atoms with Crippen molar-refractivity contribution in [2.45, 2.75) is 32.7 Å². The molecule has 0 bridgehead atoms. The summed E-state index contributed by atoms with van der Waals surface area (Å²) >= 11 is 0. The van der Waals surface area contributed by atoms with Crippen molar-refractivity contribution in [3.8, 4) is 0 Å². The summed E-state index contributed by atoms with van der Waals surface area (Å²) < 4.78 is 0. The van der Waals surface area contributed by atoms with Crippen LogP contribution in [0, 0.1) is 0 Å². The molecule has 0 atom stereocenters. The molecular formula is C11H21N3O2. The molecular weight excluding hydrogens is 206 g/mol. The number of carbonyl (C=O) groups excluding carboxylic acids is 2. The molecule has 0 saturated carbocycles. The molecule has 5 heteroatoms. The van der Waals surface area contributed by atoms with Gasteiger partial charge < -0.3 is 15.5 Å². The van der Waals surface area contributed by atoms with Crippen molar-refractivity contribution in [2.75, 3.05) is 26.2 Å². The van der Waals surface area contributed by atoms with Gasteiger partial charge in [0.05, 0.1) is 0 Å². The Morgan fingerprint density at radius 3 is 2.50 bits per heavy atom. The Labute approximate surface area is 96.6 Å². The largest absolute Gasteiger partial charge is 0.343 e. The fraction of sp³-hybridized carbons (Fsp3) is 0.818. The lowest BCUT2D eigenvalue weighted by molar-refractivity contribution is -0.146. The Balaban J connectivity index is 2.52. The molecule has 92 valence electrons. The molecule has 0 aromatic rings. The monoisotopic (exact) mass is 227 g/mol. The SMILES string of the molecule is CC(C)(C)NC(=O)C(=O)N1CCCNCC1. The van der Waals surface area contributed by atoms with Crippen LogP contribution in [0.5, 0.6) is 0 Å². The summed E-state index contributed by atoms with van der Waals surface area (Å²) in [6.45, 7) is 8.52. The van der Waals surface area contributed by atoms with Crippen LogP contribution >= 0.6 is 0 Å². The summed E-state index contributed by atoms with van der Waals surface area (Å²) in [6, 6.07) is 0. The highest BCUT2D eigenvalue weighted by Gasteiger charge is 2.25. The van der Waals surface area contributed by atoms with Gasteiger partial charge in [0.1, 0.15) is 0 Å². The zero-order valence-corrected chi connectivity index (χ0v) is 10.3. The topological polar surface area (TPSA) is 61.4 Å². The van der Waals surface area contributed by atoms with Crippen LogP contribution in [0.15, 0.2) is 0 Å². The van der Waals surface area contributed by atoms with Crippen LogP contribution in [-0.4, -0.2) is 48.4 Å². The highest BCUT2D eigenvalue weighted by Crippen LogP contribution is 2.01. The summed E-state index contributed by atoms with van der Waals surface area (Å²) in [5.74, 6) is -0.923. The van der Waals surface area contributed by atoms with Crippen LogP contribution in [0.4, 0.5) is 0 Å². The van der Waals surface area contributed by atoms with Gasteiger partial charge in [-0.25, -0.2) is 0 Å². The Hall–Kier alpha value is -1.10. The first kappa shape index (κ1) is 13.0. The van der Waals surface area contributed by atoms with Crippen LogP contribution in [-0.2, 0) is 9.59 Å². The quantitative estimate of drug-likeness (QED) is 0.560. The van der Waals surface area contributed by atoms with Gasteiger partial charge in [0, 0.05) is 25.2 Å². The van der Waals surface area contributed by atoms with Gasteiger partial charge in [-0.1, -0.05) is 0 Å². The Bertz CT molecular complexity index is 263. The maximum absolute atomic E-state index is 11.8. The van der Waals surface area contributed by atoms with Crippen molar-refractivity contribution in [2.24, 2.45) is 0 Å². The number of hydrogen-bond donors (Lipinski definition) is 2. The summed E-state index contributed by atoms with van der Waals surface area (Å²) in [7, 11) is 0. The van der Waals surface area contributed by atoms with Crippen LogP contribution < -0.4 is 10.6 Å². The van der Waals surface area contributed by atoms with Gasteiger partial charge in [0.25, 0.3) is 0 Å². The third kappa shape index (κ3) is 4.18. The molecule has 0 spiro atoms. The highest BCUT2D eigenvalue weighted by molar-refractivity contribution is 6.35. The normalized spacial score (nSPS) is 17.8. The van der Waals surface area contributed by atoms with E-state index >= 15 is 0 Å². The summed E-state index contributed by atoms with van der Waals surface area (Å²) in [5.41, 5.74) is -0.364. The second kappa shape index (κ2) is 5.30. The molecule has 0 radical (unpaired) electrons. The molecule has 0 aromatic heterocycles. The lowest BCUT2D eigenvalue weighted by Crippen LogP contribution is -2.50. The number of hydrogen-bond acceptors (Lipinski definition) is 3. The number of amides is 2. The molecule has 1 aliphatic rings. The predicted molar refractivity (Wildman–Crippen MR) is 62.0 cm³/mol. The van der Waals surface area contributed by atoms with E-state index in [2.05, 4.69) is 10.6 Å². The minimum Gasteiger partial charge on any atom is -0.343 e. The molecule has 2 amide bonds. The van der Waals surface area contributed by atoms with Gasteiger partial charge >= 0.3 is 11.8 Å². The van der Waals surface area contributed by atoms with E-state index < -0.39 is 11.8 Å². The predicted octanol–water partition coefficient (Wildman–Crippen LogP) is -0.277. The Morgan fingerprint density at radius 1 is 1.19 bits per heavy atom. The first-order chi connectivity index (χ1) is 7.40. The highest BCUT2D eigenvalue weighted by atomic mass is 16.2. The van der Waals surface area contributed by atoms with Crippen molar-refractivity contribution in [3.63, 3.8) is 0 Å². The van der Waals surface area contributed by atoms with Crippen LogP contribution in [0.3, 0.4) is 0 Å².